The van der Waals surface area contributed by atoms with Crippen molar-refractivity contribution >= 4 is 22.9 Å². The Kier molecular flexibility index (Phi) is 6.89. The number of allylic oxidation sites excluding steroid dienone is 2. The third-order valence-electron chi connectivity index (χ3n) is 3.45. The van der Waals surface area contributed by atoms with E-state index in [4.69, 9.17) is 9.15 Å². The highest BCUT2D eigenvalue weighted by atomic mass is 32.1. The van der Waals surface area contributed by atoms with Crippen molar-refractivity contribution in [2.45, 2.75) is 40.0 Å². The maximum Gasteiger partial charge on any atom is 0.341 e. The van der Waals surface area contributed by atoms with E-state index in [1.165, 1.54) is 0 Å². The second kappa shape index (κ2) is 9.14. The largest absolute Gasteiger partial charge is 0.462 e. The molecule has 2 aromatic heterocycles. The SMILES string of the molecule is CCCC/C=C(\C#Cc1ccsc1)c1cc(C(=O)OCC)c(C)o1. The number of aryl methyl sites for hydroxylation is 1. The summed E-state index contributed by atoms with van der Waals surface area (Å²) in [5.41, 5.74) is 2.26. The Hall–Kier alpha value is -2.25. The average Bonchev–Trinajstić information content (AvgIpc) is 3.20. The molecule has 0 aliphatic carbocycles. The molecule has 0 amide bonds. The molecule has 0 saturated heterocycles. The summed E-state index contributed by atoms with van der Waals surface area (Å²) in [4.78, 5) is 12.0. The maximum absolute atomic E-state index is 12.0. The van der Waals surface area contributed by atoms with E-state index >= 15 is 0 Å². The second-order valence-corrected chi connectivity index (χ2v) is 6.10. The molecule has 0 N–H and O–H groups in total. The monoisotopic (exact) mass is 342 g/mol. The second-order valence-electron chi connectivity index (χ2n) is 5.32. The van der Waals surface area contributed by atoms with Gasteiger partial charge in [-0.25, -0.2) is 4.79 Å². The first kappa shape index (κ1) is 18.1. The van der Waals surface area contributed by atoms with Crippen molar-refractivity contribution in [1.29, 1.82) is 0 Å². The van der Waals surface area contributed by atoms with Crippen molar-refractivity contribution in [2.75, 3.05) is 6.61 Å². The summed E-state index contributed by atoms with van der Waals surface area (Å²) in [6.45, 7) is 6.05. The number of esters is 1. The van der Waals surface area contributed by atoms with Crippen LogP contribution in [-0.4, -0.2) is 12.6 Å². The van der Waals surface area contributed by atoms with Crippen molar-refractivity contribution in [3.8, 4) is 11.8 Å². The van der Waals surface area contributed by atoms with E-state index in [1.54, 1.807) is 31.3 Å². The number of ether oxygens (including phenoxy) is 1. The number of rotatable bonds is 6. The quantitative estimate of drug-likeness (QED) is 0.398. The molecule has 126 valence electrons. The molecule has 2 aromatic rings. The van der Waals surface area contributed by atoms with Crippen LogP contribution in [0.3, 0.4) is 0 Å². The lowest BCUT2D eigenvalue weighted by molar-refractivity contribution is 0.0524. The van der Waals surface area contributed by atoms with Gasteiger partial charge in [-0.2, -0.15) is 11.3 Å². The number of unbranched alkanes of at least 4 members (excludes halogenated alkanes) is 2. The predicted octanol–water partition coefficient (Wildman–Crippen LogP) is 5.45. The van der Waals surface area contributed by atoms with Crippen LogP contribution in [0, 0.1) is 18.8 Å². The summed E-state index contributed by atoms with van der Waals surface area (Å²) < 4.78 is 10.8. The molecule has 0 spiro atoms. The predicted molar refractivity (Wildman–Crippen MR) is 98.1 cm³/mol. The van der Waals surface area contributed by atoms with Crippen LogP contribution in [0.25, 0.3) is 5.57 Å². The molecule has 0 saturated carbocycles. The molecule has 0 aliphatic heterocycles. The fraction of sp³-hybridized carbons (Fsp3) is 0.350. The van der Waals surface area contributed by atoms with Gasteiger partial charge in [-0.3, -0.25) is 0 Å². The van der Waals surface area contributed by atoms with Crippen LogP contribution >= 0.6 is 11.3 Å². The van der Waals surface area contributed by atoms with E-state index < -0.39 is 0 Å². The standard InChI is InChI=1S/C20H22O3S/c1-4-6-7-8-17(10-9-16-11-12-24-14-16)19-13-18(15(3)23-19)20(21)22-5-2/h8,11-14H,4-7H2,1-3H3/b17-8+. The van der Waals surface area contributed by atoms with Crippen molar-refractivity contribution in [2.24, 2.45) is 0 Å². The summed E-state index contributed by atoms with van der Waals surface area (Å²) in [5.74, 6) is 7.15. The lowest BCUT2D eigenvalue weighted by atomic mass is 10.1. The molecule has 2 rings (SSSR count). The van der Waals surface area contributed by atoms with E-state index in [2.05, 4.69) is 24.8 Å². The van der Waals surface area contributed by atoms with Crippen molar-refractivity contribution in [3.05, 3.63) is 51.6 Å². The molecular formula is C20H22O3S. The smallest absolute Gasteiger partial charge is 0.341 e. The van der Waals surface area contributed by atoms with Crippen LogP contribution in [0.2, 0.25) is 0 Å². The molecule has 0 radical (unpaired) electrons. The van der Waals surface area contributed by atoms with E-state index in [1.807, 2.05) is 16.8 Å². The first-order chi connectivity index (χ1) is 11.7. The van der Waals surface area contributed by atoms with Gasteiger partial charge in [-0.15, -0.1) is 0 Å². The fourth-order valence-electron chi connectivity index (χ4n) is 2.17. The number of hydrogen-bond donors (Lipinski definition) is 0. The van der Waals surface area contributed by atoms with Crippen molar-refractivity contribution in [3.63, 3.8) is 0 Å². The minimum Gasteiger partial charge on any atom is -0.462 e. The third-order valence-corrected chi connectivity index (χ3v) is 4.13. The first-order valence-electron chi connectivity index (χ1n) is 8.18. The molecule has 0 atom stereocenters. The Morgan fingerprint density at radius 1 is 1.42 bits per heavy atom. The molecule has 24 heavy (non-hydrogen) atoms. The lowest BCUT2D eigenvalue weighted by Crippen LogP contribution is -2.04. The molecule has 0 fully saturated rings. The average molecular weight is 342 g/mol. The Morgan fingerprint density at radius 2 is 2.25 bits per heavy atom. The van der Waals surface area contributed by atoms with Crippen LogP contribution in [-0.2, 0) is 4.74 Å². The van der Waals surface area contributed by atoms with Gasteiger partial charge in [0.1, 0.15) is 17.1 Å². The highest BCUT2D eigenvalue weighted by Gasteiger charge is 2.17. The van der Waals surface area contributed by atoms with Gasteiger partial charge < -0.3 is 9.15 Å². The van der Waals surface area contributed by atoms with Crippen LogP contribution in [0.4, 0.5) is 0 Å². The summed E-state index contributed by atoms with van der Waals surface area (Å²) in [6.07, 6.45) is 5.22. The molecular weight excluding hydrogens is 320 g/mol. The van der Waals surface area contributed by atoms with Crippen molar-refractivity contribution in [1.82, 2.24) is 0 Å². The molecule has 0 aliphatic rings. The minimum absolute atomic E-state index is 0.343. The van der Waals surface area contributed by atoms with Crippen LogP contribution in [0.15, 0.2) is 33.4 Å². The van der Waals surface area contributed by atoms with Crippen LogP contribution in [0.1, 0.15) is 60.6 Å². The zero-order valence-corrected chi connectivity index (χ0v) is 15.2. The van der Waals surface area contributed by atoms with E-state index in [9.17, 15) is 4.79 Å². The van der Waals surface area contributed by atoms with E-state index in [0.29, 0.717) is 23.7 Å². The maximum atomic E-state index is 12.0. The summed E-state index contributed by atoms with van der Waals surface area (Å²) in [6, 6.07) is 3.71. The molecule has 0 bridgehead atoms. The Labute approximate surface area is 147 Å². The Balaban J connectivity index is 2.31. The molecule has 0 unspecified atom stereocenters. The number of carbonyl (C=O) groups is 1. The van der Waals surface area contributed by atoms with Gasteiger partial charge in [-0.1, -0.05) is 37.7 Å². The summed E-state index contributed by atoms with van der Waals surface area (Å²) in [7, 11) is 0. The van der Waals surface area contributed by atoms with Gasteiger partial charge in [-0.05, 0) is 37.8 Å². The third kappa shape index (κ3) is 4.87. The summed E-state index contributed by atoms with van der Waals surface area (Å²) in [5, 5.41) is 4.01. The molecule has 3 nitrogen and oxygen atoms in total. The first-order valence-corrected chi connectivity index (χ1v) is 9.12. The van der Waals surface area contributed by atoms with Gasteiger partial charge >= 0.3 is 5.97 Å². The zero-order valence-electron chi connectivity index (χ0n) is 14.3. The topological polar surface area (TPSA) is 39.4 Å². The number of furan rings is 1. The minimum atomic E-state index is -0.358. The van der Waals surface area contributed by atoms with Gasteiger partial charge in [0, 0.05) is 10.9 Å². The van der Waals surface area contributed by atoms with Gasteiger partial charge in [0.15, 0.2) is 0 Å². The van der Waals surface area contributed by atoms with E-state index in [-0.39, 0.29) is 5.97 Å². The summed E-state index contributed by atoms with van der Waals surface area (Å²) >= 11 is 1.62. The highest BCUT2D eigenvalue weighted by Crippen LogP contribution is 2.23. The normalized spacial score (nSPS) is 11.0. The van der Waals surface area contributed by atoms with Gasteiger partial charge in [0.25, 0.3) is 0 Å². The van der Waals surface area contributed by atoms with Crippen molar-refractivity contribution < 1.29 is 13.9 Å². The van der Waals surface area contributed by atoms with Crippen LogP contribution < -0.4 is 0 Å². The van der Waals surface area contributed by atoms with Crippen LogP contribution in [0.5, 0.6) is 0 Å². The molecule has 4 heteroatoms. The fourth-order valence-corrected chi connectivity index (χ4v) is 2.75. The number of hydrogen-bond acceptors (Lipinski definition) is 4. The van der Waals surface area contributed by atoms with E-state index in [0.717, 1.165) is 30.4 Å². The Bertz CT molecular complexity index is 755. The van der Waals surface area contributed by atoms with Gasteiger partial charge in [0.2, 0.25) is 0 Å². The number of carbonyl (C=O) groups excluding carboxylic acids is 1. The van der Waals surface area contributed by atoms with Gasteiger partial charge in [0.05, 0.1) is 12.2 Å². The Morgan fingerprint density at radius 3 is 2.92 bits per heavy atom. The number of thiophene rings is 1. The zero-order chi connectivity index (χ0) is 17.4. The molecule has 0 aromatic carbocycles. The lowest BCUT2D eigenvalue weighted by Gasteiger charge is -1.97. The highest BCUT2D eigenvalue weighted by molar-refractivity contribution is 7.08. The molecule has 2 heterocycles.